The molecule has 5 nitrogen and oxygen atoms in total. The average Bonchev–Trinajstić information content (AvgIpc) is 3.25. The van der Waals surface area contributed by atoms with Gasteiger partial charge in [-0.05, 0) is 48.9 Å². The van der Waals surface area contributed by atoms with Crippen LogP contribution in [0.15, 0.2) is 60.8 Å². The van der Waals surface area contributed by atoms with Crippen LogP contribution in [0.3, 0.4) is 0 Å². The number of aromatic nitrogens is 2. The fraction of sp³-hybridized carbons (Fsp3) is 0.385. The molecule has 5 rings (SSSR count). The maximum Gasteiger partial charge on any atom is 0.166 e. The van der Waals surface area contributed by atoms with E-state index in [1.165, 1.54) is 18.6 Å². The number of nitrogens with zero attached hydrogens (tertiary/aromatic N) is 3. The van der Waals surface area contributed by atoms with E-state index in [9.17, 15) is 4.39 Å². The van der Waals surface area contributed by atoms with Crippen molar-refractivity contribution >= 4 is 17.2 Å². The van der Waals surface area contributed by atoms with E-state index in [1.807, 2.05) is 0 Å². The van der Waals surface area contributed by atoms with Crippen molar-refractivity contribution in [1.29, 1.82) is 0 Å². The lowest BCUT2D eigenvalue weighted by Crippen LogP contribution is -2.35. The van der Waals surface area contributed by atoms with Gasteiger partial charge in [-0.2, -0.15) is 0 Å². The molecule has 0 N–H and O–H groups in total. The van der Waals surface area contributed by atoms with Crippen LogP contribution >= 0.6 is 11.6 Å². The van der Waals surface area contributed by atoms with Crippen LogP contribution in [0.4, 0.5) is 4.39 Å². The minimum atomic E-state index is -0.486. The molecule has 1 aliphatic carbocycles. The molecule has 0 saturated carbocycles. The number of hydrogen-bond acceptors (Lipinski definition) is 5. The molecule has 2 aliphatic heterocycles. The fourth-order valence-corrected chi connectivity index (χ4v) is 4.67. The number of allylic oxidation sites excluding steroid dienone is 3. The molecule has 33 heavy (non-hydrogen) atoms. The van der Waals surface area contributed by atoms with Gasteiger partial charge >= 0.3 is 0 Å². The minimum absolute atomic E-state index is 0.155. The Morgan fingerprint density at radius 3 is 2.82 bits per heavy atom. The molecule has 2 aromatic rings. The maximum absolute atomic E-state index is 14.0. The number of ether oxygens (including phenoxy) is 2. The predicted molar refractivity (Wildman–Crippen MR) is 126 cm³/mol. The van der Waals surface area contributed by atoms with Crippen molar-refractivity contribution in [3.05, 3.63) is 83.2 Å². The molecule has 0 spiro atoms. The third-order valence-corrected chi connectivity index (χ3v) is 6.67. The highest BCUT2D eigenvalue weighted by Crippen LogP contribution is 2.31. The van der Waals surface area contributed by atoms with Crippen LogP contribution in [-0.4, -0.2) is 47.2 Å². The van der Waals surface area contributed by atoms with E-state index in [4.69, 9.17) is 21.1 Å². The summed E-state index contributed by atoms with van der Waals surface area (Å²) >= 11 is 5.80. The van der Waals surface area contributed by atoms with Crippen LogP contribution in [0.2, 0.25) is 5.02 Å². The Hall–Kier alpha value is -2.54. The van der Waals surface area contributed by atoms with Crippen LogP contribution < -0.4 is 4.74 Å². The second kappa shape index (κ2) is 10.2. The first kappa shape index (κ1) is 22.3. The molecular formula is C26H27ClFN3O2. The van der Waals surface area contributed by atoms with Crippen molar-refractivity contribution in [2.45, 2.75) is 25.6 Å². The van der Waals surface area contributed by atoms with Crippen molar-refractivity contribution in [2.75, 3.05) is 26.2 Å². The van der Waals surface area contributed by atoms with E-state index in [2.05, 4.69) is 45.2 Å². The van der Waals surface area contributed by atoms with Gasteiger partial charge in [-0.1, -0.05) is 42.0 Å². The topological polar surface area (TPSA) is 47.5 Å². The highest BCUT2D eigenvalue weighted by atomic mass is 35.5. The quantitative estimate of drug-likeness (QED) is 0.541. The fourth-order valence-electron chi connectivity index (χ4n) is 4.51. The lowest BCUT2D eigenvalue weighted by molar-refractivity contribution is -0.0626. The van der Waals surface area contributed by atoms with E-state index < -0.39 is 5.82 Å². The van der Waals surface area contributed by atoms with E-state index in [-0.39, 0.29) is 12.4 Å². The lowest BCUT2D eigenvalue weighted by atomic mass is 9.83. The summed E-state index contributed by atoms with van der Waals surface area (Å²) in [4.78, 5) is 11.6. The zero-order valence-corrected chi connectivity index (χ0v) is 19.1. The van der Waals surface area contributed by atoms with Gasteiger partial charge in [0, 0.05) is 43.0 Å². The van der Waals surface area contributed by atoms with Gasteiger partial charge < -0.3 is 9.47 Å². The molecule has 1 aromatic carbocycles. The SMILES string of the molecule is Fc1cc(Cl)ccc1OCc1ccnc(C2=CCN(CC3C=CC=CC3CC3CCO3)C2)n1. The van der Waals surface area contributed by atoms with Crippen LogP contribution in [-0.2, 0) is 11.3 Å². The highest BCUT2D eigenvalue weighted by molar-refractivity contribution is 6.30. The molecule has 3 unspecified atom stereocenters. The molecule has 1 aromatic heterocycles. The first-order chi connectivity index (χ1) is 16.1. The van der Waals surface area contributed by atoms with E-state index in [0.717, 1.165) is 38.2 Å². The Morgan fingerprint density at radius 1 is 1.18 bits per heavy atom. The summed E-state index contributed by atoms with van der Waals surface area (Å²) in [6.07, 6.45) is 15.6. The molecule has 0 amide bonds. The standard InChI is InChI=1S/C26H27ClFN3O2/c27-21-5-6-25(24(28)14-21)33-17-22-7-10-29-26(30-22)20-8-11-31(16-20)15-19-4-2-1-3-18(19)13-23-9-12-32-23/h1-8,10,14,18-19,23H,9,11-13,15-17H2. The number of hydrogen-bond donors (Lipinski definition) is 0. The van der Waals surface area contributed by atoms with E-state index in [1.54, 1.807) is 18.3 Å². The summed E-state index contributed by atoms with van der Waals surface area (Å²) in [7, 11) is 0. The van der Waals surface area contributed by atoms with Crippen molar-refractivity contribution in [2.24, 2.45) is 11.8 Å². The van der Waals surface area contributed by atoms with Crippen molar-refractivity contribution < 1.29 is 13.9 Å². The molecule has 3 atom stereocenters. The maximum atomic E-state index is 14.0. The lowest BCUT2D eigenvalue weighted by Gasteiger charge is -2.34. The molecule has 3 aliphatic rings. The Balaban J connectivity index is 1.17. The Kier molecular flexibility index (Phi) is 6.85. The molecule has 0 bridgehead atoms. The number of benzene rings is 1. The summed E-state index contributed by atoms with van der Waals surface area (Å²) in [6.45, 7) is 3.76. The molecule has 1 fully saturated rings. The van der Waals surface area contributed by atoms with Gasteiger partial charge in [0.1, 0.15) is 6.61 Å². The summed E-state index contributed by atoms with van der Waals surface area (Å²) in [5.74, 6) is 1.38. The minimum Gasteiger partial charge on any atom is -0.484 e. The van der Waals surface area contributed by atoms with Gasteiger partial charge in [0.25, 0.3) is 0 Å². The molecule has 3 heterocycles. The van der Waals surface area contributed by atoms with Crippen molar-refractivity contribution in [1.82, 2.24) is 14.9 Å². The summed E-state index contributed by atoms with van der Waals surface area (Å²) in [5.41, 5.74) is 1.82. The van der Waals surface area contributed by atoms with Crippen LogP contribution in [0, 0.1) is 17.7 Å². The molecule has 0 radical (unpaired) electrons. The van der Waals surface area contributed by atoms with Gasteiger partial charge in [0.05, 0.1) is 11.8 Å². The van der Waals surface area contributed by atoms with Crippen molar-refractivity contribution in [3.63, 3.8) is 0 Å². The van der Waals surface area contributed by atoms with Gasteiger partial charge in [-0.3, -0.25) is 4.90 Å². The Bertz CT molecular complexity index is 1080. The van der Waals surface area contributed by atoms with E-state index in [0.29, 0.717) is 34.5 Å². The third kappa shape index (κ3) is 5.52. The molecule has 172 valence electrons. The zero-order chi connectivity index (χ0) is 22.6. The summed E-state index contributed by atoms with van der Waals surface area (Å²) < 4.78 is 25.2. The number of rotatable bonds is 8. The van der Waals surface area contributed by atoms with Crippen LogP contribution in [0.25, 0.3) is 5.57 Å². The van der Waals surface area contributed by atoms with E-state index >= 15 is 0 Å². The summed E-state index contributed by atoms with van der Waals surface area (Å²) in [5, 5.41) is 0.337. The molecule has 7 heteroatoms. The van der Waals surface area contributed by atoms with Gasteiger partial charge in [0.15, 0.2) is 17.4 Å². The second-order valence-corrected chi connectivity index (χ2v) is 9.21. The Morgan fingerprint density at radius 2 is 2.03 bits per heavy atom. The normalized spacial score (nSPS) is 24.5. The van der Waals surface area contributed by atoms with Crippen LogP contribution in [0.5, 0.6) is 5.75 Å². The molecular weight excluding hydrogens is 441 g/mol. The number of halogens is 2. The summed E-state index contributed by atoms with van der Waals surface area (Å²) in [6, 6.07) is 6.15. The Labute approximate surface area is 198 Å². The predicted octanol–water partition coefficient (Wildman–Crippen LogP) is 5.08. The first-order valence-corrected chi connectivity index (χ1v) is 11.8. The van der Waals surface area contributed by atoms with Gasteiger partial charge in [0.2, 0.25) is 0 Å². The smallest absolute Gasteiger partial charge is 0.166 e. The van der Waals surface area contributed by atoms with Crippen molar-refractivity contribution in [3.8, 4) is 5.75 Å². The zero-order valence-electron chi connectivity index (χ0n) is 18.4. The van der Waals surface area contributed by atoms with Crippen LogP contribution in [0.1, 0.15) is 24.4 Å². The largest absolute Gasteiger partial charge is 0.484 e. The second-order valence-electron chi connectivity index (χ2n) is 8.77. The first-order valence-electron chi connectivity index (χ1n) is 11.4. The third-order valence-electron chi connectivity index (χ3n) is 6.43. The monoisotopic (exact) mass is 467 g/mol. The van der Waals surface area contributed by atoms with Gasteiger partial charge in [-0.25, -0.2) is 14.4 Å². The molecule has 1 saturated heterocycles. The highest BCUT2D eigenvalue weighted by Gasteiger charge is 2.29. The van der Waals surface area contributed by atoms with Gasteiger partial charge in [-0.15, -0.1) is 0 Å². The average molecular weight is 468 g/mol.